The van der Waals surface area contributed by atoms with Gasteiger partial charge in [-0.05, 0) is 36.6 Å². The number of para-hydroxylation sites is 1. The van der Waals surface area contributed by atoms with E-state index >= 15 is 0 Å². The second-order valence-corrected chi connectivity index (χ2v) is 8.41. The Kier molecular flexibility index (Phi) is 4.53. The number of hydrogen-bond donors (Lipinski definition) is 1. The van der Waals surface area contributed by atoms with Crippen molar-refractivity contribution >= 4 is 29.3 Å². The van der Waals surface area contributed by atoms with Crippen molar-refractivity contribution in [2.24, 2.45) is 5.92 Å². The number of benzene rings is 1. The van der Waals surface area contributed by atoms with Crippen LogP contribution in [0.25, 0.3) is 0 Å². The van der Waals surface area contributed by atoms with Gasteiger partial charge in [-0.2, -0.15) is 0 Å². The van der Waals surface area contributed by atoms with Crippen molar-refractivity contribution < 1.29 is 14.0 Å². The molecule has 6 heteroatoms. The number of carbonyl (C=O) groups is 2. The Morgan fingerprint density at radius 1 is 1.31 bits per heavy atom. The Bertz CT molecular complexity index is 847. The summed E-state index contributed by atoms with van der Waals surface area (Å²) in [6.07, 6.45) is 1.35. The topological polar surface area (TPSA) is 62.6 Å². The lowest BCUT2D eigenvalue weighted by Crippen LogP contribution is -2.35. The zero-order valence-electron chi connectivity index (χ0n) is 14.9. The van der Waals surface area contributed by atoms with E-state index in [0.29, 0.717) is 18.4 Å². The zero-order chi connectivity index (χ0) is 18.3. The number of nitrogens with one attached hydrogen (secondary N) is 1. The molecule has 0 bridgehead atoms. The lowest BCUT2D eigenvalue weighted by Gasteiger charge is -2.25. The highest BCUT2D eigenvalue weighted by Gasteiger charge is 2.36. The molecular weight excluding hydrogens is 348 g/mol. The molecule has 1 aliphatic carbocycles. The largest absolute Gasteiger partial charge is 0.464 e. The molecule has 1 fully saturated rings. The molecule has 0 saturated heterocycles. The van der Waals surface area contributed by atoms with E-state index in [1.54, 1.807) is 11.9 Å². The number of furan rings is 1. The van der Waals surface area contributed by atoms with Gasteiger partial charge < -0.3 is 14.6 Å². The second-order valence-electron chi connectivity index (χ2n) is 7.17. The number of nitrogens with zero attached hydrogens (tertiary/aromatic N) is 1. The van der Waals surface area contributed by atoms with E-state index in [9.17, 15) is 9.59 Å². The quantitative estimate of drug-likeness (QED) is 0.868. The van der Waals surface area contributed by atoms with E-state index in [1.807, 2.05) is 36.4 Å². The normalized spacial score (nSPS) is 23.9. The number of anilines is 1. The maximum Gasteiger partial charge on any atom is 0.238 e. The number of fused-ring (bicyclic) bond motifs is 1. The molecule has 2 amide bonds. The standard InChI is InChI=1S/C20H22N2O3S/c1-12-9-14(12)16-8-7-13(25-16)11-22(2)19(23)10-18-20(24)21-15-5-3-4-6-17(15)26-18/h3-8,12,14,18H,9-11H2,1-2H3,(H,21,24)/t12-,14+,18-/m1/s1. The summed E-state index contributed by atoms with van der Waals surface area (Å²) >= 11 is 1.45. The second kappa shape index (κ2) is 6.83. The highest BCUT2D eigenvalue weighted by atomic mass is 32.2. The van der Waals surface area contributed by atoms with Gasteiger partial charge in [-0.3, -0.25) is 9.59 Å². The van der Waals surface area contributed by atoms with Crippen molar-refractivity contribution in [3.05, 3.63) is 47.9 Å². The van der Waals surface area contributed by atoms with Gasteiger partial charge in [-0.25, -0.2) is 0 Å². The van der Waals surface area contributed by atoms with Crippen LogP contribution in [0.5, 0.6) is 0 Å². The molecule has 5 nitrogen and oxygen atoms in total. The minimum absolute atomic E-state index is 0.0604. The highest BCUT2D eigenvalue weighted by Crippen LogP contribution is 2.47. The SMILES string of the molecule is C[C@@H]1C[C@@H]1c1ccc(CN(C)C(=O)C[C@H]2Sc3ccccc3NC2=O)o1. The van der Waals surface area contributed by atoms with Crippen molar-refractivity contribution in [3.8, 4) is 0 Å². The van der Waals surface area contributed by atoms with Crippen LogP contribution in [0.3, 0.4) is 0 Å². The third kappa shape index (κ3) is 3.51. The summed E-state index contributed by atoms with van der Waals surface area (Å²) in [4.78, 5) is 27.5. The Morgan fingerprint density at radius 2 is 2.08 bits per heavy atom. The molecule has 1 aromatic carbocycles. The van der Waals surface area contributed by atoms with Crippen molar-refractivity contribution in [1.82, 2.24) is 4.90 Å². The average Bonchev–Trinajstić information content (AvgIpc) is 3.17. The lowest BCUT2D eigenvalue weighted by atomic mass is 10.2. The van der Waals surface area contributed by atoms with Gasteiger partial charge in [0.2, 0.25) is 11.8 Å². The van der Waals surface area contributed by atoms with Gasteiger partial charge in [0.05, 0.1) is 17.5 Å². The molecule has 1 aromatic heterocycles. The van der Waals surface area contributed by atoms with Crippen LogP contribution in [0.1, 0.15) is 37.2 Å². The first-order valence-electron chi connectivity index (χ1n) is 8.90. The van der Waals surface area contributed by atoms with E-state index in [0.717, 1.165) is 22.1 Å². The number of carbonyl (C=O) groups excluding carboxylic acids is 2. The van der Waals surface area contributed by atoms with Crippen LogP contribution in [-0.4, -0.2) is 29.0 Å². The van der Waals surface area contributed by atoms with Crippen LogP contribution in [-0.2, 0) is 16.1 Å². The summed E-state index contributed by atoms with van der Waals surface area (Å²) in [5, 5.41) is 2.48. The summed E-state index contributed by atoms with van der Waals surface area (Å²) in [7, 11) is 1.75. The molecule has 136 valence electrons. The van der Waals surface area contributed by atoms with Crippen molar-refractivity contribution in [3.63, 3.8) is 0 Å². The Morgan fingerprint density at radius 3 is 2.85 bits per heavy atom. The monoisotopic (exact) mass is 370 g/mol. The third-order valence-corrected chi connectivity index (χ3v) is 6.32. The minimum Gasteiger partial charge on any atom is -0.464 e. The van der Waals surface area contributed by atoms with Crippen LogP contribution in [0, 0.1) is 5.92 Å². The van der Waals surface area contributed by atoms with Crippen LogP contribution in [0.4, 0.5) is 5.69 Å². The lowest BCUT2D eigenvalue weighted by molar-refractivity contribution is -0.132. The average molecular weight is 370 g/mol. The Hall–Kier alpha value is -2.21. The maximum absolute atomic E-state index is 12.6. The van der Waals surface area contributed by atoms with Crippen molar-refractivity contribution in [2.45, 2.75) is 42.4 Å². The van der Waals surface area contributed by atoms with E-state index in [-0.39, 0.29) is 18.2 Å². The fourth-order valence-electron chi connectivity index (χ4n) is 3.26. The zero-order valence-corrected chi connectivity index (χ0v) is 15.7. The Balaban J connectivity index is 1.35. The molecule has 1 N–H and O–H groups in total. The molecule has 0 spiro atoms. The molecule has 2 aromatic rings. The van der Waals surface area contributed by atoms with Gasteiger partial charge in [0.15, 0.2) is 0 Å². The van der Waals surface area contributed by atoms with Crippen LogP contribution in [0.15, 0.2) is 45.7 Å². The summed E-state index contributed by atoms with van der Waals surface area (Å²) in [6, 6.07) is 11.6. The highest BCUT2D eigenvalue weighted by molar-refractivity contribution is 8.01. The summed E-state index contributed by atoms with van der Waals surface area (Å²) in [5.41, 5.74) is 0.817. The van der Waals surface area contributed by atoms with Crippen LogP contribution in [0.2, 0.25) is 0 Å². The molecular formula is C20H22N2O3S. The van der Waals surface area contributed by atoms with Gasteiger partial charge >= 0.3 is 0 Å². The third-order valence-electron chi connectivity index (χ3n) is 5.04. The molecule has 1 saturated carbocycles. The molecule has 2 heterocycles. The van der Waals surface area contributed by atoms with Gasteiger partial charge in [-0.1, -0.05) is 19.1 Å². The first-order chi connectivity index (χ1) is 12.5. The molecule has 0 radical (unpaired) electrons. The predicted octanol–water partition coefficient (Wildman–Crippen LogP) is 3.86. The van der Waals surface area contributed by atoms with Gasteiger partial charge in [-0.15, -0.1) is 11.8 Å². The number of rotatable bonds is 5. The Labute approximate surface area is 157 Å². The minimum atomic E-state index is -0.403. The van der Waals surface area contributed by atoms with Crippen molar-refractivity contribution in [2.75, 3.05) is 12.4 Å². The molecule has 26 heavy (non-hydrogen) atoms. The van der Waals surface area contributed by atoms with Gasteiger partial charge in [0, 0.05) is 24.3 Å². The van der Waals surface area contributed by atoms with Crippen molar-refractivity contribution in [1.29, 1.82) is 0 Å². The summed E-state index contributed by atoms with van der Waals surface area (Å²) in [6.45, 7) is 2.64. The smallest absolute Gasteiger partial charge is 0.238 e. The van der Waals surface area contributed by atoms with Gasteiger partial charge in [0.1, 0.15) is 11.5 Å². The molecule has 2 aliphatic rings. The van der Waals surface area contributed by atoms with E-state index in [2.05, 4.69) is 12.2 Å². The fourth-order valence-corrected chi connectivity index (χ4v) is 4.36. The number of hydrogen-bond acceptors (Lipinski definition) is 4. The molecule has 0 unspecified atom stereocenters. The van der Waals surface area contributed by atoms with Gasteiger partial charge in [0.25, 0.3) is 0 Å². The number of thioether (sulfide) groups is 1. The van der Waals surface area contributed by atoms with Crippen LogP contribution >= 0.6 is 11.8 Å². The van der Waals surface area contributed by atoms with Crippen LogP contribution < -0.4 is 5.32 Å². The summed E-state index contributed by atoms with van der Waals surface area (Å²) < 4.78 is 5.88. The fraction of sp³-hybridized carbons (Fsp3) is 0.400. The summed E-state index contributed by atoms with van der Waals surface area (Å²) in [5.74, 6) is 2.87. The van der Waals surface area contributed by atoms with E-state index in [1.165, 1.54) is 18.2 Å². The first-order valence-corrected chi connectivity index (χ1v) is 9.78. The maximum atomic E-state index is 12.6. The first kappa shape index (κ1) is 17.2. The molecule has 3 atom stereocenters. The molecule has 4 rings (SSSR count). The number of amides is 2. The van der Waals surface area contributed by atoms with E-state index in [4.69, 9.17) is 4.42 Å². The molecule has 1 aliphatic heterocycles. The van der Waals surface area contributed by atoms with E-state index < -0.39 is 5.25 Å². The predicted molar refractivity (Wildman–Crippen MR) is 101 cm³/mol.